The van der Waals surface area contributed by atoms with Crippen molar-refractivity contribution in [2.45, 2.75) is 172 Å². The van der Waals surface area contributed by atoms with E-state index in [2.05, 4.69) is 85.2 Å². The van der Waals surface area contributed by atoms with Gasteiger partial charge in [-0.1, -0.05) is 75.7 Å². The second kappa shape index (κ2) is 20.9. The van der Waals surface area contributed by atoms with Crippen molar-refractivity contribution >= 4 is 30.2 Å². The molecule has 0 aromatic heterocycles. The Balaban J connectivity index is 1.36. The number of nitriles is 1. The minimum atomic E-state index is -1.66. The number of esters is 1. The number of unbranched alkanes of at least 4 members (excludes halogenated alkanes) is 1. The van der Waals surface area contributed by atoms with Gasteiger partial charge >= 0.3 is 30.2 Å². The number of carboxylic acid groups (broad SMARTS) is 1. The molecule has 0 aromatic carbocycles. The van der Waals surface area contributed by atoms with E-state index in [1.807, 2.05) is 0 Å². The molecule has 0 spiro atoms. The summed E-state index contributed by atoms with van der Waals surface area (Å²) in [6, 6.07) is -0.0910. The van der Waals surface area contributed by atoms with Gasteiger partial charge in [-0.2, -0.15) is 5.26 Å². The molecule has 0 radical (unpaired) electrons. The topological polar surface area (TPSA) is 212 Å². The van der Waals surface area contributed by atoms with Crippen LogP contribution in [0, 0.1) is 55.3 Å². The molecule has 0 aromatic rings. The van der Waals surface area contributed by atoms with Crippen LogP contribution in [-0.2, 0) is 33.3 Å². The summed E-state index contributed by atoms with van der Waals surface area (Å²) in [7, 11) is 0. The monoisotopic (exact) mass is 863 g/mol. The van der Waals surface area contributed by atoms with Gasteiger partial charge in [0.15, 0.2) is 0 Å². The molecule has 4 N–H and O–H groups in total. The van der Waals surface area contributed by atoms with Crippen LogP contribution in [0.15, 0.2) is 0 Å². The third kappa shape index (κ3) is 17.4. The molecule has 0 aliphatic heterocycles. The first kappa shape index (κ1) is 51.4. The van der Waals surface area contributed by atoms with Crippen molar-refractivity contribution in [3.05, 3.63) is 0 Å². The third-order valence-electron chi connectivity index (χ3n) is 13.1. The first-order valence-electron chi connectivity index (χ1n) is 22.3. The number of amides is 3. The first-order valence-corrected chi connectivity index (χ1v) is 22.3. The van der Waals surface area contributed by atoms with E-state index < -0.39 is 42.9 Å². The van der Waals surface area contributed by atoms with E-state index in [0.717, 1.165) is 51.4 Å². The van der Waals surface area contributed by atoms with E-state index in [4.69, 9.17) is 28.9 Å². The van der Waals surface area contributed by atoms with Gasteiger partial charge in [0.2, 0.25) is 0 Å². The van der Waals surface area contributed by atoms with Gasteiger partial charge in [-0.05, 0) is 116 Å². The Kier molecular flexibility index (Phi) is 17.6. The van der Waals surface area contributed by atoms with Crippen LogP contribution in [0.25, 0.3) is 0 Å². The van der Waals surface area contributed by atoms with Gasteiger partial charge in [0.25, 0.3) is 6.26 Å². The van der Waals surface area contributed by atoms with Crippen molar-refractivity contribution in [2.24, 2.45) is 43.8 Å². The molecule has 61 heavy (non-hydrogen) atoms. The summed E-state index contributed by atoms with van der Waals surface area (Å²) < 4.78 is 26.9. The van der Waals surface area contributed by atoms with Gasteiger partial charge in [-0.15, -0.1) is 0 Å². The Morgan fingerprint density at radius 1 is 0.672 bits per heavy atom. The second-order valence-electron chi connectivity index (χ2n) is 22.6. The number of nitrogens with one attached hydrogen (secondary N) is 3. The fourth-order valence-corrected chi connectivity index (χ4v) is 11.3. The fraction of sp³-hybridized carbons (Fsp3) is 0.870. The van der Waals surface area contributed by atoms with Crippen LogP contribution in [0.2, 0.25) is 0 Å². The van der Waals surface area contributed by atoms with E-state index in [1.165, 1.54) is 6.92 Å². The van der Waals surface area contributed by atoms with Crippen LogP contribution in [0.3, 0.4) is 0 Å². The van der Waals surface area contributed by atoms with Crippen LogP contribution in [0.5, 0.6) is 0 Å². The zero-order valence-corrected chi connectivity index (χ0v) is 39.1. The number of alkyl carbamates (subject to hydrolysis) is 3. The number of carboxylic acids is 1. The summed E-state index contributed by atoms with van der Waals surface area (Å²) in [5.41, 5.74) is -2.24. The molecule has 3 amide bonds. The molecule has 15 heteroatoms. The molecule has 3 aliphatic carbocycles. The highest BCUT2D eigenvalue weighted by Gasteiger charge is 2.45. The smallest absolute Gasteiger partial charge is 0.407 e. The Labute approximate surface area is 364 Å². The van der Waals surface area contributed by atoms with Gasteiger partial charge < -0.3 is 44.7 Å². The highest BCUT2D eigenvalue weighted by Crippen LogP contribution is 2.50. The van der Waals surface area contributed by atoms with Gasteiger partial charge in [0.05, 0.1) is 13.2 Å². The summed E-state index contributed by atoms with van der Waals surface area (Å²) in [6.45, 7) is 22.9. The second-order valence-corrected chi connectivity index (χ2v) is 22.6. The van der Waals surface area contributed by atoms with Crippen LogP contribution >= 0.6 is 0 Å². The summed E-state index contributed by atoms with van der Waals surface area (Å²) >= 11 is 0. The van der Waals surface area contributed by atoms with Crippen LogP contribution in [-0.4, -0.2) is 87.0 Å². The maximum Gasteiger partial charge on any atom is 0.407 e. The average Bonchev–Trinajstić information content (AvgIpc) is 3.10. The molecule has 0 saturated heterocycles. The number of ether oxygens (including phenoxy) is 5. The summed E-state index contributed by atoms with van der Waals surface area (Å²) in [5, 5.41) is 27.6. The van der Waals surface area contributed by atoms with Crippen molar-refractivity contribution in [1.82, 2.24) is 16.0 Å². The van der Waals surface area contributed by atoms with E-state index >= 15 is 0 Å². The molecular formula is C46H78N4O11. The third-order valence-corrected chi connectivity index (χ3v) is 13.1. The SMILES string of the molecule is CC[C@@]1(C)CC(NC(=O)OC[C@](C)(COC(=O)NC[C@]2(C)CC(CC(=O)OCCCCOC(=O)NC[C@]3(C)CC(OC#N)CC(C)(C)C3)CC(C)(C)C2)C(=O)O)CC(C)(C)C1. The van der Waals surface area contributed by atoms with Gasteiger partial charge in [0, 0.05) is 25.6 Å². The minimum Gasteiger partial charge on any atom is -0.481 e. The predicted octanol–water partition coefficient (Wildman–Crippen LogP) is 8.88. The van der Waals surface area contributed by atoms with Crippen LogP contribution in [0.4, 0.5) is 14.4 Å². The molecule has 3 unspecified atom stereocenters. The van der Waals surface area contributed by atoms with Gasteiger partial charge in [-0.25, -0.2) is 14.4 Å². The van der Waals surface area contributed by atoms with Crippen molar-refractivity contribution in [2.75, 3.05) is 39.5 Å². The summed E-state index contributed by atoms with van der Waals surface area (Å²) in [5.74, 6) is -1.53. The Hall–Kier alpha value is -3.96. The molecular weight excluding hydrogens is 785 g/mol. The lowest BCUT2D eigenvalue weighted by Crippen LogP contribution is -2.48. The number of aliphatic carboxylic acids is 1. The van der Waals surface area contributed by atoms with E-state index in [9.17, 15) is 29.1 Å². The van der Waals surface area contributed by atoms with Crippen molar-refractivity contribution < 1.29 is 52.8 Å². The molecule has 3 aliphatic rings. The minimum absolute atomic E-state index is 0.0164. The highest BCUT2D eigenvalue weighted by atomic mass is 16.6. The van der Waals surface area contributed by atoms with E-state index in [-0.39, 0.29) is 82.7 Å². The lowest BCUT2D eigenvalue weighted by Gasteiger charge is -2.46. The Bertz CT molecular complexity index is 1580. The molecule has 3 fully saturated rings. The average molecular weight is 863 g/mol. The van der Waals surface area contributed by atoms with Crippen LogP contribution < -0.4 is 16.0 Å². The number of hydrogen-bond acceptors (Lipinski definition) is 11. The zero-order chi connectivity index (χ0) is 45.9. The predicted molar refractivity (Wildman–Crippen MR) is 229 cm³/mol. The maximum atomic E-state index is 12.9. The number of nitrogens with zero attached hydrogens (tertiary/aromatic N) is 1. The number of carbonyl (C=O) groups excluding carboxylic acids is 4. The quantitative estimate of drug-likeness (QED) is 0.0415. The molecule has 348 valence electrons. The number of rotatable bonds is 19. The molecule has 0 heterocycles. The lowest BCUT2D eigenvalue weighted by atomic mass is 9.60. The van der Waals surface area contributed by atoms with Gasteiger partial charge in [0.1, 0.15) is 24.7 Å². The Morgan fingerprint density at radius 3 is 1.75 bits per heavy atom. The molecule has 3 saturated carbocycles. The largest absolute Gasteiger partial charge is 0.481 e. The fourth-order valence-electron chi connectivity index (χ4n) is 11.3. The highest BCUT2D eigenvalue weighted by molar-refractivity contribution is 5.76. The molecule has 15 nitrogen and oxygen atoms in total. The van der Waals surface area contributed by atoms with Crippen LogP contribution in [0.1, 0.15) is 160 Å². The van der Waals surface area contributed by atoms with Crippen molar-refractivity contribution in [3.63, 3.8) is 0 Å². The Morgan fingerprint density at radius 2 is 1.18 bits per heavy atom. The number of hydrogen-bond donors (Lipinski definition) is 4. The van der Waals surface area contributed by atoms with Crippen molar-refractivity contribution in [1.29, 1.82) is 5.26 Å². The lowest BCUT2D eigenvalue weighted by molar-refractivity contribution is -0.153. The first-order chi connectivity index (χ1) is 28.1. The normalized spacial score (nSPS) is 29.9. The molecule has 7 atom stereocenters. The van der Waals surface area contributed by atoms with Crippen molar-refractivity contribution in [3.8, 4) is 6.26 Å². The molecule has 3 rings (SSSR count). The summed E-state index contributed by atoms with van der Waals surface area (Å²) in [4.78, 5) is 63.2. The standard InChI is InChI=1S/C46H78N4O11/c1-12-43(8)21-33(20-41(4,5)24-43)50-39(56)60-30-46(11,36(52)53)29-59-38(55)49-27-44(9)19-32(18-40(2,3)25-44)17-35(51)57-15-13-14-16-58-37(54)48-28-45(10)23-34(61-31-47)22-42(6,7)26-45/h32-34H,12-30H2,1-11H3,(H,48,54)(H,49,55)(H,50,56)(H,52,53)/t32?,33?,34?,43-,44+,45+,46-/m0/s1. The zero-order valence-electron chi connectivity index (χ0n) is 39.1. The van der Waals surface area contributed by atoms with Gasteiger partial charge in [-0.3, -0.25) is 9.59 Å². The number of carbonyl (C=O) groups is 5. The maximum absolute atomic E-state index is 12.9. The molecule has 0 bridgehead atoms. The van der Waals surface area contributed by atoms with E-state index in [1.54, 1.807) is 6.26 Å². The summed E-state index contributed by atoms with van der Waals surface area (Å²) in [6.07, 6.45) is 9.24. The van der Waals surface area contributed by atoms with E-state index in [0.29, 0.717) is 32.2 Å².